The molecule has 1 amide bonds. The number of guanidine groups is 1. The lowest BCUT2D eigenvalue weighted by Crippen LogP contribution is -2.68. The molecule has 1 heterocycles. The number of amides is 1. The van der Waals surface area contributed by atoms with E-state index in [4.69, 9.17) is 30.1 Å². The van der Waals surface area contributed by atoms with Gasteiger partial charge in [0, 0.05) is 31.7 Å². The first-order valence-electron chi connectivity index (χ1n) is 8.94. The molecule has 176 valence electrons. The van der Waals surface area contributed by atoms with Crippen molar-refractivity contribution in [3.8, 4) is 0 Å². The molecule has 0 aliphatic carbocycles. The number of anilines is 1. The molecule has 12 nitrogen and oxygen atoms in total. The Bertz CT molecular complexity index is 1050. The Labute approximate surface area is 187 Å². The van der Waals surface area contributed by atoms with E-state index < -0.39 is 26.2 Å². The number of nitrogens with two attached hydrogens (primary N) is 2. The van der Waals surface area contributed by atoms with Gasteiger partial charge in [-0.25, -0.2) is 18.6 Å². The molecular weight excluding hydrogens is 466 g/mol. The Morgan fingerprint density at radius 1 is 1.03 bits per heavy atom. The van der Waals surface area contributed by atoms with Crippen LogP contribution in [0, 0.1) is 31.0 Å². The first-order chi connectivity index (χ1) is 14.6. The van der Waals surface area contributed by atoms with Crippen molar-refractivity contribution >= 4 is 27.6 Å². The van der Waals surface area contributed by atoms with Crippen LogP contribution in [0.4, 0.5) is 5.69 Å². The number of pyridine rings is 1. The Morgan fingerprint density at radius 3 is 1.94 bits per heavy atom. The van der Waals surface area contributed by atoms with Crippen molar-refractivity contribution in [2.45, 2.75) is 38.6 Å². The van der Waals surface area contributed by atoms with Gasteiger partial charge in [0.05, 0.1) is 11.3 Å². The van der Waals surface area contributed by atoms with Crippen molar-refractivity contribution < 1.29 is 46.7 Å². The first kappa shape index (κ1) is 27.2. The van der Waals surface area contributed by atoms with Gasteiger partial charge in [-0.3, -0.25) is 4.79 Å². The van der Waals surface area contributed by atoms with E-state index in [-0.39, 0.29) is 10.8 Å². The third kappa shape index (κ3) is 10.00. The van der Waals surface area contributed by atoms with E-state index in [1.807, 2.05) is 20.8 Å². The molecule has 0 fully saturated rings. The minimum Gasteiger partial charge on any atom is -0.369 e. The van der Waals surface area contributed by atoms with E-state index >= 15 is 0 Å². The van der Waals surface area contributed by atoms with Crippen LogP contribution in [0.3, 0.4) is 0 Å². The van der Waals surface area contributed by atoms with Gasteiger partial charge in [-0.2, -0.15) is 13.0 Å². The summed E-state index contributed by atoms with van der Waals surface area (Å²) in [4.78, 5) is 12.1. The van der Waals surface area contributed by atoms with Crippen LogP contribution in [-0.2, 0) is 21.4 Å². The van der Waals surface area contributed by atoms with Crippen molar-refractivity contribution in [1.29, 1.82) is 0 Å². The fourth-order valence-corrected chi connectivity index (χ4v) is 3.69. The Balaban J connectivity index is 0.000000920. The quantitative estimate of drug-likeness (QED) is 0.204. The number of nitrogens with one attached hydrogen (secondary N) is 1. The highest BCUT2D eigenvalue weighted by Gasteiger charge is 2.15. The van der Waals surface area contributed by atoms with Crippen molar-refractivity contribution in [3.05, 3.63) is 53.3 Å². The summed E-state index contributed by atoms with van der Waals surface area (Å²) in [6.07, 6.45) is 0.295. The normalized spacial score (nSPS) is 11.2. The van der Waals surface area contributed by atoms with E-state index in [2.05, 4.69) is 26.4 Å². The maximum atomic E-state index is 12.2. The summed E-state index contributed by atoms with van der Waals surface area (Å²) < 4.78 is 63.0. The number of hydrogen-bond acceptors (Lipinski definition) is 7. The van der Waals surface area contributed by atoms with Crippen LogP contribution in [0.5, 0.6) is 0 Å². The molecule has 2 rings (SSSR count). The second kappa shape index (κ2) is 11.2. The molecule has 5 N–H and O–H groups in total. The summed E-state index contributed by atoms with van der Waals surface area (Å²) in [7, 11) is -8.89. The molecule has 14 heteroatoms. The van der Waals surface area contributed by atoms with Gasteiger partial charge in [0.25, 0.3) is 10.0 Å². The Morgan fingerprint density at radius 2 is 1.50 bits per heavy atom. The Kier molecular flexibility index (Phi) is 9.51. The Hall–Kier alpha value is -2.81. The van der Waals surface area contributed by atoms with Crippen LogP contribution in [0.25, 0.3) is 0 Å². The maximum absolute atomic E-state index is 12.2. The lowest BCUT2D eigenvalue weighted by molar-refractivity contribution is -2.00. The molecule has 32 heavy (non-hydrogen) atoms. The molecule has 0 atom stereocenters. The second-order valence-corrected chi connectivity index (χ2v) is 9.02. The zero-order chi connectivity index (χ0) is 24.7. The molecule has 0 saturated heterocycles. The molecule has 0 aliphatic heterocycles. The predicted molar refractivity (Wildman–Crippen MR) is 104 cm³/mol. The van der Waals surface area contributed by atoms with Crippen molar-refractivity contribution in [2.75, 3.05) is 5.32 Å². The number of hydrogen-bond donors (Lipinski definition) is 3. The molecule has 0 aliphatic rings. The molecule has 0 radical (unpaired) electrons. The number of nitrogens with zero attached hydrogens (tertiary/aromatic N) is 2. The highest BCUT2D eigenvalue weighted by atomic mass is 35.7. The van der Waals surface area contributed by atoms with Crippen molar-refractivity contribution in [2.24, 2.45) is 15.9 Å². The van der Waals surface area contributed by atoms with Crippen molar-refractivity contribution in [3.63, 3.8) is 0 Å². The lowest BCUT2D eigenvalue weighted by atomic mass is 10.2. The van der Waals surface area contributed by atoms with Crippen LogP contribution >= 0.6 is 0 Å². The van der Waals surface area contributed by atoms with Gasteiger partial charge in [-0.05, 0) is 36.8 Å². The first-order valence-corrected chi connectivity index (χ1v) is 11.6. The topological polar surface area (TPSA) is 224 Å². The van der Waals surface area contributed by atoms with Gasteiger partial charge >= 0.3 is 0 Å². The van der Waals surface area contributed by atoms with Gasteiger partial charge in [-0.1, -0.05) is 0 Å². The van der Waals surface area contributed by atoms with Gasteiger partial charge < -0.3 is 16.8 Å². The minimum atomic E-state index is -4.94. The zero-order valence-electron chi connectivity index (χ0n) is 17.6. The minimum absolute atomic E-state index is 0.0599. The highest BCUT2D eigenvalue weighted by molar-refractivity contribution is 7.90. The summed E-state index contributed by atoms with van der Waals surface area (Å²) in [5, 5.41) is 2.75. The predicted octanol–water partition coefficient (Wildman–Crippen LogP) is -3.87. The number of halogens is 1. The van der Waals surface area contributed by atoms with Gasteiger partial charge in [0.2, 0.25) is 11.9 Å². The highest BCUT2D eigenvalue weighted by Crippen LogP contribution is 2.16. The van der Waals surface area contributed by atoms with Crippen LogP contribution in [-0.4, -0.2) is 20.3 Å². The SMILES string of the molecule is Cc1cc(C)[n+](CCC(=O)Nc2ccc(S(=O)(=O)N=C(N)N)cc2)c(C)c1.[O-][Cl+3]([O-])([O-])[O-]. The van der Waals surface area contributed by atoms with E-state index in [0.717, 1.165) is 11.4 Å². The number of benzene rings is 1. The molecule has 0 saturated carbocycles. The number of carbonyl (C=O) groups excluding carboxylic acids is 1. The number of rotatable bonds is 6. The lowest BCUT2D eigenvalue weighted by Gasteiger charge is -2.17. The standard InChI is InChI=1S/C18H23N5O3S.ClHO4/c1-12-10-13(2)23(14(3)11-12)9-8-17(24)21-15-4-6-16(7-5-15)27(25,26)22-18(19)20;2-1(3,4)5/h4-7,10-11H,8-9H2,1-3H3,(H4-,19,20,21,22,24);(H,2,3,4,5). The van der Waals surface area contributed by atoms with E-state index in [1.165, 1.54) is 29.8 Å². The van der Waals surface area contributed by atoms with Crippen LogP contribution in [0.15, 0.2) is 45.7 Å². The van der Waals surface area contributed by atoms with Crippen LogP contribution in [0.1, 0.15) is 23.4 Å². The van der Waals surface area contributed by atoms with Gasteiger partial charge in [0.15, 0.2) is 17.9 Å². The number of aromatic nitrogens is 1. The van der Waals surface area contributed by atoms with Crippen LogP contribution in [0.2, 0.25) is 0 Å². The summed E-state index contributed by atoms with van der Waals surface area (Å²) in [6.45, 7) is 6.61. The molecule has 0 unspecified atom stereocenters. The molecule has 1 aromatic heterocycles. The summed E-state index contributed by atoms with van der Waals surface area (Å²) in [5.74, 6) is -0.701. The fourth-order valence-electron chi connectivity index (χ4n) is 2.83. The van der Waals surface area contributed by atoms with E-state index in [9.17, 15) is 13.2 Å². The molecule has 2 aromatic rings. The van der Waals surface area contributed by atoms with Crippen LogP contribution < -0.4 is 40.0 Å². The van der Waals surface area contributed by atoms with Gasteiger partial charge in [0.1, 0.15) is 0 Å². The van der Waals surface area contributed by atoms with E-state index in [1.54, 1.807) is 0 Å². The second-order valence-electron chi connectivity index (χ2n) is 6.66. The third-order valence-corrected chi connectivity index (χ3v) is 5.27. The van der Waals surface area contributed by atoms with Crippen molar-refractivity contribution in [1.82, 2.24) is 0 Å². The number of sulfonamides is 1. The third-order valence-electron chi connectivity index (χ3n) is 3.95. The zero-order valence-corrected chi connectivity index (χ0v) is 19.1. The molecule has 1 aromatic carbocycles. The average molecular weight is 490 g/mol. The summed E-state index contributed by atoms with van der Waals surface area (Å²) in [5.41, 5.74) is 14.1. The molecular formula is C18H24ClN5O7S. The van der Waals surface area contributed by atoms with E-state index in [0.29, 0.717) is 18.7 Å². The average Bonchev–Trinajstić information content (AvgIpc) is 2.58. The summed E-state index contributed by atoms with van der Waals surface area (Å²) in [6, 6.07) is 9.78. The fraction of sp³-hybridized carbons (Fsp3) is 0.278. The maximum Gasteiger partial charge on any atom is 0.285 e. The monoisotopic (exact) mass is 489 g/mol. The number of carbonyl (C=O) groups is 1. The number of aryl methyl sites for hydroxylation is 3. The van der Waals surface area contributed by atoms with Gasteiger partial charge in [-0.15, -0.1) is 14.6 Å². The smallest absolute Gasteiger partial charge is 0.285 e. The molecule has 0 spiro atoms. The largest absolute Gasteiger partial charge is 0.369 e. The summed E-state index contributed by atoms with van der Waals surface area (Å²) >= 11 is 0. The molecule has 0 bridgehead atoms.